The molecule has 0 saturated heterocycles. The van der Waals surface area contributed by atoms with Gasteiger partial charge in [0.15, 0.2) is 0 Å². The first kappa shape index (κ1) is 13.2. The Morgan fingerprint density at radius 2 is 2.14 bits per heavy atom. The van der Waals surface area contributed by atoms with E-state index in [2.05, 4.69) is 18.8 Å². The van der Waals surface area contributed by atoms with Crippen LogP contribution in [0.3, 0.4) is 0 Å². The van der Waals surface area contributed by atoms with Crippen molar-refractivity contribution in [2.45, 2.75) is 39.2 Å². The molecule has 3 heteroatoms. The van der Waals surface area contributed by atoms with E-state index in [1.165, 1.54) is 0 Å². The summed E-state index contributed by atoms with van der Waals surface area (Å²) in [6, 6.07) is 0.0623. The minimum Gasteiger partial charge on any atom is -0.350 e. The summed E-state index contributed by atoms with van der Waals surface area (Å²) in [4.78, 5) is 11.3. The van der Waals surface area contributed by atoms with Gasteiger partial charge in [0, 0.05) is 12.5 Å². The molecule has 0 aliphatic heterocycles. The molecular weight excluding hydrogens is 176 g/mol. The highest BCUT2D eigenvalue weighted by Gasteiger charge is 2.07. The number of carbonyl (C=O) groups is 1. The van der Waals surface area contributed by atoms with Crippen molar-refractivity contribution in [2.24, 2.45) is 11.7 Å². The van der Waals surface area contributed by atoms with Crippen LogP contribution in [0.15, 0.2) is 12.7 Å². The third-order valence-corrected chi connectivity index (χ3v) is 2.27. The number of nitrogens with two attached hydrogens (primary N) is 1. The van der Waals surface area contributed by atoms with E-state index >= 15 is 0 Å². The molecular formula is C11H22N2O. The van der Waals surface area contributed by atoms with Crippen LogP contribution in [-0.2, 0) is 4.79 Å². The van der Waals surface area contributed by atoms with E-state index in [1.807, 2.05) is 6.92 Å². The van der Waals surface area contributed by atoms with Crippen LogP contribution < -0.4 is 11.1 Å². The Morgan fingerprint density at radius 3 is 2.64 bits per heavy atom. The van der Waals surface area contributed by atoms with Gasteiger partial charge in [0.05, 0.1) is 0 Å². The second kappa shape index (κ2) is 7.56. The molecule has 0 aliphatic carbocycles. The summed E-state index contributed by atoms with van der Waals surface area (Å²) >= 11 is 0. The summed E-state index contributed by atoms with van der Waals surface area (Å²) in [5.41, 5.74) is 5.42. The minimum absolute atomic E-state index is 0.0623. The van der Waals surface area contributed by atoms with Crippen LogP contribution >= 0.6 is 0 Å². The molecule has 1 amide bonds. The first-order valence-corrected chi connectivity index (χ1v) is 5.22. The van der Waals surface area contributed by atoms with Crippen molar-refractivity contribution in [3.8, 4) is 0 Å². The van der Waals surface area contributed by atoms with E-state index in [0.29, 0.717) is 18.9 Å². The highest BCUT2D eigenvalue weighted by molar-refractivity contribution is 5.76. The van der Waals surface area contributed by atoms with Gasteiger partial charge in [-0.3, -0.25) is 4.79 Å². The van der Waals surface area contributed by atoms with Gasteiger partial charge in [0.25, 0.3) is 0 Å². The second-order valence-corrected chi connectivity index (χ2v) is 3.81. The SMILES string of the molecule is C=CC(C)NC(=O)CCC(C)CCN. The number of nitrogens with one attached hydrogen (secondary N) is 1. The maximum Gasteiger partial charge on any atom is 0.220 e. The largest absolute Gasteiger partial charge is 0.350 e. The fourth-order valence-electron chi connectivity index (χ4n) is 1.19. The maximum atomic E-state index is 11.3. The zero-order valence-electron chi connectivity index (χ0n) is 9.25. The number of rotatable bonds is 7. The van der Waals surface area contributed by atoms with E-state index in [9.17, 15) is 4.79 Å². The standard InChI is InChI=1S/C11H22N2O/c1-4-10(3)13-11(14)6-5-9(2)7-8-12/h4,9-10H,1,5-8,12H2,2-3H3,(H,13,14). The molecule has 0 saturated carbocycles. The molecule has 82 valence electrons. The summed E-state index contributed by atoms with van der Waals surface area (Å²) < 4.78 is 0. The summed E-state index contributed by atoms with van der Waals surface area (Å²) in [6.45, 7) is 8.34. The zero-order valence-corrected chi connectivity index (χ0v) is 9.25. The van der Waals surface area contributed by atoms with Crippen molar-refractivity contribution in [1.29, 1.82) is 0 Å². The van der Waals surface area contributed by atoms with Gasteiger partial charge in [-0.25, -0.2) is 0 Å². The van der Waals surface area contributed by atoms with E-state index in [4.69, 9.17) is 5.73 Å². The molecule has 0 bridgehead atoms. The molecule has 2 atom stereocenters. The van der Waals surface area contributed by atoms with Gasteiger partial charge >= 0.3 is 0 Å². The maximum absolute atomic E-state index is 11.3. The fourth-order valence-corrected chi connectivity index (χ4v) is 1.19. The monoisotopic (exact) mass is 198 g/mol. The molecule has 3 N–H and O–H groups in total. The molecule has 14 heavy (non-hydrogen) atoms. The Balaban J connectivity index is 3.57. The Kier molecular flexibility index (Phi) is 7.11. The Bertz CT molecular complexity index is 180. The highest BCUT2D eigenvalue weighted by atomic mass is 16.1. The predicted octanol–water partition coefficient (Wildman–Crippen LogP) is 1.44. The van der Waals surface area contributed by atoms with Crippen molar-refractivity contribution in [3.63, 3.8) is 0 Å². The molecule has 0 heterocycles. The molecule has 2 unspecified atom stereocenters. The molecule has 0 fully saturated rings. The molecule has 0 aromatic heterocycles. The van der Waals surface area contributed by atoms with E-state index < -0.39 is 0 Å². The van der Waals surface area contributed by atoms with Gasteiger partial charge in [0.1, 0.15) is 0 Å². The Hall–Kier alpha value is -0.830. The lowest BCUT2D eigenvalue weighted by Crippen LogP contribution is -2.30. The van der Waals surface area contributed by atoms with Gasteiger partial charge in [-0.2, -0.15) is 0 Å². The van der Waals surface area contributed by atoms with Crippen LogP contribution in [0.2, 0.25) is 0 Å². The lowest BCUT2D eigenvalue weighted by molar-refractivity contribution is -0.121. The lowest BCUT2D eigenvalue weighted by atomic mass is 10.0. The quantitative estimate of drug-likeness (QED) is 0.608. The van der Waals surface area contributed by atoms with Crippen LogP contribution in [-0.4, -0.2) is 18.5 Å². The van der Waals surface area contributed by atoms with Crippen molar-refractivity contribution in [1.82, 2.24) is 5.32 Å². The summed E-state index contributed by atoms with van der Waals surface area (Å²) in [6.07, 6.45) is 4.21. The predicted molar refractivity (Wildman–Crippen MR) is 59.9 cm³/mol. The lowest BCUT2D eigenvalue weighted by Gasteiger charge is -2.11. The average molecular weight is 198 g/mol. The van der Waals surface area contributed by atoms with Gasteiger partial charge in [0.2, 0.25) is 5.91 Å². The highest BCUT2D eigenvalue weighted by Crippen LogP contribution is 2.08. The molecule has 0 radical (unpaired) electrons. The van der Waals surface area contributed by atoms with E-state index in [-0.39, 0.29) is 11.9 Å². The van der Waals surface area contributed by atoms with Gasteiger partial charge in [-0.05, 0) is 32.2 Å². The number of carbonyl (C=O) groups excluding carboxylic acids is 1. The minimum atomic E-state index is 0.0623. The van der Waals surface area contributed by atoms with Gasteiger partial charge < -0.3 is 11.1 Å². The third-order valence-electron chi connectivity index (χ3n) is 2.27. The van der Waals surface area contributed by atoms with Gasteiger partial charge in [-0.1, -0.05) is 13.0 Å². The van der Waals surface area contributed by atoms with Crippen LogP contribution in [0.1, 0.15) is 33.1 Å². The Labute approximate surface area is 86.8 Å². The third kappa shape index (κ3) is 6.66. The van der Waals surface area contributed by atoms with E-state index in [1.54, 1.807) is 6.08 Å². The average Bonchev–Trinajstić information content (AvgIpc) is 2.15. The topological polar surface area (TPSA) is 55.1 Å². The summed E-state index contributed by atoms with van der Waals surface area (Å²) in [5.74, 6) is 0.631. The van der Waals surface area contributed by atoms with Crippen LogP contribution in [0.25, 0.3) is 0 Å². The zero-order chi connectivity index (χ0) is 11.0. The fraction of sp³-hybridized carbons (Fsp3) is 0.727. The van der Waals surface area contributed by atoms with Crippen molar-refractivity contribution in [2.75, 3.05) is 6.54 Å². The number of hydrogen-bond acceptors (Lipinski definition) is 2. The molecule has 0 aromatic rings. The smallest absolute Gasteiger partial charge is 0.220 e. The molecule has 3 nitrogen and oxygen atoms in total. The van der Waals surface area contributed by atoms with Gasteiger partial charge in [-0.15, -0.1) is 6.58 Å². The van der Waals surface area contributed by atoms with Crippen LogP contribution in [0, 0.1) is 5.92 Å². The second-order valence-electron chi connectivity index (χ2n) is 3.81. The van der Waals surface area contributed by atoms with E-state index in [0.717, 1.165) is 12.8 Å². The first-order valence-electron chi connectivity index (χ1n) is 5.22. The van der Waals surface area contributed by atoms with Crippen molar-refractivity contribution >= 4 is 5.91 Å². The summed E-state index contributed by atoms with van der Waals surface area (Å²) in [5, 5.41) is 2.84. The molecule has 0 spiro atoms. The molecule has 0 aromatic carbocycles. The van der Waals surface area contributed by atoms with Crippen molar-refractivity contribution < 1.29 is 4.79 Å². The number of amides is 1. The van der Waals surface area contributed by atoms with Crippen molar-refractivity contribution in [3.05, 3.63) is 12.7 Å². The molecule has 0 aliphatic rings. The number of hydrogen-bond donors (Lipinski definition) is 2. The summed E-state index contributed by atoms with van der Waals surface area (Å²) in [7, 11) is 0. The molecule has 0 rings (SSSR count). The normalized spacial score (nSPS) is 14.5. The first-order chi connectivity index (χ1) is 6.60. The van der Waals surface area contributed by atoms with Crippen LogP contribution in [0.5, 0.6) is 0 Å². The van der Waals surface area contributed by atoms with Crippen LogP contribution in [0.4, 0.5) is 0 Å². The Morgan fingerprint density at radius 1 is 1.50 bits per heavy atom.